The number of nitrogens with zero attached hydrogens (tertiary/aromatic N) is 1. The molecular formula is C17H18Cl2N2O2. The second-order valence-electron chi connectivity index (χ2n) is 5.91. The van der Waals surface area contributed by atoms with E-state index in [1.165, 1.54) is 32.1 Å². The van der Waals surface area contributed by atoms with E-state index >= 15 is 0 Å². The number of carbonyl (C=O) groups is 1. The Balaban J connectivity index is 1.65. The topological polar surface area (TPSA) is 55.1 Å². The smallest absolute Gasteiger partial charge is 0.273 e. The molecule has 4 nitrogen and oxygen atoms in total. The molecule has 1 N–H and O–H groups in total. The molecule has 1 aliphatic rings. The fourth-order valence-corrected chi connectivity index (χ4v) is 3.42. The van der Waals surface area contributed by atoms with Gasteiger partial charge in [0.2, 0.25) is 0 Å². The molecule has 1 heterocycles. The van der Waals surface area contributed by atoms with Crippen molar-refractivity contribution in [3.05, 3.63) is 40.0 Å². The van der Waals surface area contributed by atoms with Crippen molar-refractivity contribution >= 4 is 29.1 Å². The van der Waals surface area contributed by atoms with Crippen molar-refractivity contribution in [3.63, 3.8) is 0 Å². The molecule has 1 saturated carbocycles. The van der Waals surface area contributed by atoms with Crippen LogP contribution in [0.15, 0.2) is 28.8 Å². The molecule has 2 aromatic rings. The minimum absolute atomic E-state index is 0.212. The van der Waals surface area contributed by atoms with Gasteiger partial charge >= 0.3 is 0 Å². The van der Waals surface area contributed by atoms with Crippen LogP contribution in [0.25, 0.3) is 11.3 Å². The maximum absolute atomic E-state index is 12.2. The van der Waals surface area contributed by atoms with Gasteiger partial charge in [0.15, 0.2) is 11.5 Å². The molecule has 0 unspecified atom stereocenters. The molecule has 0 bridgehead atoms. The lowest BCUT2D eigenvalue weighted by Gasteiger charge is -2.21. The van der Waals surface area contributed by atoms with Gasteiger partial charge in [0.05, 0.1) is 5.02 Å². The van der Waals surface area contributed by atoms with Gasteiger partial charge in [-0.2, -0.15) is 0 Å². The number of rotatable bonds is 4. The van der Waals surface area contributed by atoms with Crippen LogP contribution in [0.2, 0.25) is 10.0 Å². The Morgan fingerprint density at radius 1 is 1.22 bits per heavy atom. The number of carbonyl (C=O) groups excluding carboxylic acids is 1. The van der Waals surface area contributed by atoms with E-state index in [4.69, 9.17) is 27.7 Å². The quantitative estimate of drug-likeness (QED) is 0.845. The number of hydrogen-bond acceptors (Lipinski definition) is 3. The van der Waals surface area contributed by atoms with Gasteiger partial charge in [-0.3, -0.25) is 4.79 Å². The van der Waals surface area contributed by atoms with Crippen LogP contribution >= 0.6 is 23.2 Å². The summed E-state index contributed by atoms with van der Waals surface area (Å²) in [6, 6.07) is 6.69. The molecule has 0 saturated heterocycles. The number of hydrogen-bond donors (Lipinski definition) is 1. The van der Waals surface area contributed by atoms with Crippen LogP contribution in [0, 0.1) is 5.92 Å². The molecule has 0 spiro atoms. The van der Waals surface area contributed by atoms with E-state index < -0.39 is 0 Å². The first-order chi connectivity index (χ1) is 11.1. The van der Waals surface area contributed by atoms with Gasteiger partial charge in [0, 0.05) is 23.2 Å². The van der Waals surface area contributed by atoms with Crippen LogP contribution in [-0.4, -0.2) is 17.6 Å². The monoisotopic (exact) mass is 352 g/mol. The minimum Gasteiger partial charge on any atom is -0.355 e. The fraction of sp³-hybridized carbons (Fsp3) is 0.412. The molecule has 1 aliphatic carbocycles. The number of nitrogens with one attached hydrogen (secondary N) is 1. The summed E-state index contributed by atoms with van der Waals surface area (Å²) in [6.07, 6.45) is 6.18. The van der Waals surface area contributed by atoms with E-state index in [1.54, 1.807) is 24.3 Å². The predicted octanol–water partition coefficient (Wildman–Crippen LogP) is 4.96. The highest BCUT2D eigenvalue weighted by molar-refractivity contribution is 6.36. The Kier molecular flexibility index (Phi) is 5.23. The zero-order valence-corrected chi connectivity index (χ0v) is 14.2. The van der Waals surface area contributed by atoms with Crippen LogP contribution in [0.5, 0.6) is 0 Å². The molecule has 1 aromatic heterocycles. The highest BCUT2D eigenvalue weighted by atomic mass is 35.5. The number of aromatic nitrogens is 1. The summed E-state index contributed by atoms with van der Waals surface area (Å²) >= 11 is 12.0. The van der Waals surface area contributed by atoms with E-state index in [-0.39, 0.29) is 11.6 Å². The first kappa shape index (κ1) is 16.3. The maximum atomic E-state index is 12.2. The van der Waals surface area contributed by atoms with Gasteiger partial charge < -0.3 is 9.84 Å². The SMILES string of the molecule is O=C(NCC1CCCCC1)c1cc(-c2ccc(Cl)cc2Cl)on1. The lowest BCUT2D eigenvalue weighted by molar-refractivity contribution is 0.0934. The number of benzene rings is 1. The Hall–Kier alpha value is -1.52. The Morgan fingerprint density at radius 3 is 2.74 bits per heavy atom. The molecule has 6 heteroatoms. The molecule has 1 fully saturated rings. The molecule has 23 heavy (non-hydrogen) atoms. The first-order valence-corrected chi connectivity index (χ1v) is 8.59. The summed E-state index contributed by atoms with van der Waals surface area (Å²) < 4.78 is 5.25. The van der Waals surface area contributed by atoms with E-state index in [2.05, 4.69) is 10.5 Å². The largest absolute Gasteiger partial charge is 0.355 e. The van der Waals surface area contributed by atoms with E-state index in [0.717, 1.165) is 0 Å². The Morgan fingerprint density at radius 2 is 2.00 bits per heavy atom. The zero-order valence-electron chi connectivity index (χ0n) is 12.6. The third-order valence-corrected chi connectivity index (χ3v) is 4.76. The van der Waals surface area contributed by atoms with Crippen LogP contribution in [0.3, 0.4) is 0 Å². The lowest BCUT2D eigenvalue weighted by atomic mass is 9.89. The first-order valence-electron chi connectivity index (χ1n) is 7.84. The fourth-order valence-electron chi connectivity index (χ4n) is 2.92. The van der Waals surface area contributed by atoms with Gasteiger partial charge in [-0.15, -0.1) is 0 Å². The second kappa shape index (κ2) is 7.37. The summed E-state index contributed by atoms with van der Waals surface area (Å²) in [7, 11) is 0. The van der Waals surface area contributed by atoms with Crippen LogP contribution < -0.4 is 5.32 Å². The van der Waals surface area contributed by atoms with Crippen molar-refractivity contribution in [1.82, 2.24) is 10.5 Å². The summed E-state index contributed by atoms with van der Waals surface area (Å²) in [5.74, 6) is 0.815. The molecule has 122 valence electrons. The van der Waals surface area contributed by atoms with Crippen LogP contribution in [-0.2, 0) is 0 Å². The van der Waals surface area contributed by atoms with Gasteiger partial charge in [-0.25, -0.2) is 0 Å². The van der Waals surface area contributed by atoms with Gasteiger partial charge in [0.1, 0.15) is 0 Å². The zero-order chi connectivity index (χ0) is 16.2. The molecule has 3 rings (SSSR count). The average molecular weight is 353 g/mol. The highest BCUT2D eigenvalue weighted by Gasteiger charge is 2.18. The maximum Gasteiger partial charge on any atom is 0.273 e. The Labute approximate surface area is 145 Å². The lowest BCUT2D eigenvalue weighted by Crippen LogP contribution is -2.30. The normalized spacial score (nSPS) is 15.6. The van der Waals surface area contributed by atoms with Crippen molar-refractivity contribution in [3.8, 4) is 11.3 Å². The van der Waals surface area contributed by atoms with Crippen LogP contribution in [0.4, 0.5) is 0 Å². The van der Waals surface area contributed by atoms with Crippen molar-refractivity contribution in [2.24, 2.45) is 5.92 Å². The van der Waals surface area contributed by atoms with Gasteiger partial charge in [-0.05, 0) is 37.0 Å². The summed E-state index contributed by atoms with van der Waals surface area (Å²) in [5.41, 5.74) is 0.928. The van der Waals surface area contributed by atoms with E-state index in [0.29, 0.717) is 33.8 Å². The molecule has 0 atom stereocenters. The predicted molar refractivity (Wildman–Crippen MR) is 90.9 cm³/mol. The third kappa shape index (κ3) is 4.06. The number of halogens is 2. The Bertz CT molecular complexity index is 694. The summed E-state index contributed by atoms with van der Waals surface area (Å²) in [5, 5.41) is 7.79. The average Bonchev–Trinajstić information content (AvgIpc) is 3.03. The summed E-state index contributed by atoms with van der Waals surface area (Å²) in [6.45, 7) is 0.697. The summed E-state index contributed by atoms with van der Waals surface area (Å²) in [4.78, 5) is 12.2. The molecular weight excluding hydrogens is 335 g/mol. The van der Waals surface area contributed by atoms with Crippen molar-refractivity contribution < 1.29 is 9.32 Å². The highest BCUT2D eigenvalue weighted by Crippen LogP contribution is 2.30. The van der Waals surface area contributed by atoms with Gasteiger partial charge in [0.25, 0.3) is 5.91 Å². The van der Waals surface area contributed by atoms with Crippen molar-refractivity contribution in [1.29, 1.82) is 0 Å². The molecule has 1 amide bonds. The van der Waals surface area contributed by atoms with Gasteiger partial charge in [-0.1, -0.05) is 47.6 Å². The molecule has 0 radical (unpaired) electrons. The number of amides is 1. The molecule has 0 aliphatic heterocycles. The molecule has 1 aromatic carbocycles. The standard InChI is InChI=1S/C17H18Cl2N2O2/c18-12-6-7-13(14(19)8-12)16-9-15(21-23-16)17(22)20-10-11-4-2-1-3-5-11/h6-9,11H,1-5,10H2,(H,20,22). The third-order valence-electron chi connectivity index (χ3n) is 4.22. The minimum atomic E-state index is -0.212. The van der Waals surface area contributed by atoms with E-state index in [1.807, 2.05) is 0 Å². The van der Waals surface area contributed by atoms with Crippen molar-refractivity contribution in [2.45, 2.75) is 32.1 Å². The van der Waals surface area contributed by atoms with Crippen LogP contribution in [0.1, 0.15) is 42.6 Å². The second-order valence-corrected chi connectivity index (χ2v) is 6.76. The van der Waals surface area contributed by atoms with Crippen molar-refractivity contribution in [2.75, 3.05) is 6.54 Å². The van der Waals surface area contributed by atoms with E-state index in [9.17, 15) is 4.79 Å².